The second kappa shape index (κ2) is 9.54. The Kier molecular flexibility index (Phi) is 7.10. The van der Waals surface area contributed by atoms with Crippen molar-refractivity contribution in [2.24, 2.45) is 0 Å². The summed E-state index contributed by atoms with van der Waals surface area (Å²) in [7, 11) is 0. The van der Waals surface area contributed by atoms with Crippen molar-refractivity contribution in [2.75, 3.05) is 0 Å². The van der Waals surface area contributed by atoms with Crippen LogP contribution in [0.15, 0.2) is 37.3 Å². The molecule has 0 spiro atoms. The van der Waals surface area contributed by atoms with Crippen LogP contribution in [-0.4, -0.2) is 28.9 Å². The zero-order valence-corrected chi connectivity index (χ0v) is 18.6. The molecule has 3 aromatic rings. The second-order valence-electron chi connectivity index (χ2n) is 7.96. The molecule has 1 fully saturated rings. The number of rotatable bonds is 7. The van der Waals surface area contributed by atoms with Crippen molar-refractivity contribution in [3.05, 3.63) is 43.1 Å². The van der Waals surface area contributed by atoms with Crippen LogP contribution in [-0.2, 0) is 13.1 Å². The third kappa shape index (κ3) is 4.57. The Morgan fingerprint density at radius 1 is 1.07 bits per heavy atom. The van der Waals surface area contributed by atoms with E-state index in [9.17, 15) is 0 Å². The second-order valence-corrected chi connectivity index (χ2v) is 7.96. The van der Waals surface area contributed by atoms with E-state index in [0.29, 0.717) is 12.0 Å². The van der Waals surface area contributed by atoms with Gasteiger partial charge in [0.15, 0.2) is 0 Å². The van der Waals surface area contributed by atoms with Crippen LogP contribution in [0.2, 0.25) is 0 Å². The Morgan fingerprint density at radius 3 is 2.64 bits per heavy atom. The van der Waals surface area contributed by atoms with Crippen molar-refractivity contribution < 1.29 is 0 Å². The highest BCUT2D eigenvalue weighted by atomic mass is 79.9. The van der Waals surface area contributed by atoms with Gasteiger partial charge in [0, 0.05) is 43.2 Å². The van der Waals surface area contributed by atoms with E-state index in [1.165, 1.54) is 37.7 Å². The van der Waals surface area contributed by atoms with Crippen LogP contribution in [0.5, 0.6) is 0 Å². The lowest BCUT2D eigenvalue weighted by Gasteiger charge is -2.21. The maximum absolute atomic E-state index is 4.65. The van der Waals surface area contributed by atoms with E-state index in [-0.39, 0.29) is 17.0 Å². The van der Waals surface area contributed by atoms with Crippen LogP contribution in [0.4, 0.5) is 0 Å². The SMILES string of the molecule is Br.CC(C)c1nccn1CCCn1cncc1-c1cnn(C2CCCCC2)c1. The van der Waals surface area contributed by atoms with Crippen molar-refractivity contribution in [3.63, 3.8) is 0 Å². The maximum atomic E-state index is 4.65. The molecule has 3 aromatic heterocycles. The minimum atomic E-state index is 0. The van der Waals surface area contributed by atoms with E-state index in [2.05, 4.69) is 55.1 Å². The largest absolute Gasteiger partial charge is 0.335 e. The molecular formula is C21H31BrN6. The van der Waals surface area contributed by atoms with Gasteiger partial charge in [-0.05, 0) is 19.3 Å². The van der Waals surface area contributed by atoms with Gasteiger partial charge in [0.1, 0.15) is 5.82 Å². The molecule has 0 saturated heterocycles. The first-order chi connectivity index (χ1) is 13.2. The number of nitrogens with zero attached hydrogens (tertiary/aromatic N) is 6. The van der Waals surface area contributed by atoms with E-state index in [0.717, 1.165) is 31.0 Å². The minimum absolute atomic E-state index is 0. The van der Waals surface area contributed by atoms with Gasteiger partial charge in [0.05, 0.1) is 30.5 Å². The zero-order valence-electron chi connectivity index (χ0n) is 16.9. The molecule has 28 heavy (non-hydrogen) atoms. The van der Waals surface area contributed by atoms with E-state index in [1.807, 2.05) is 24.9 Å². The van der Waals surface area contributed by atoms with Crippen LogP contribution in [0.1, 0.15) is 70.2 Å². The van der Waals surface area contributed by atoms with Gasteiger partial charge in [-0.3, -0.25) is 4.68 Å². The van der Waals surface area contributed by atoms with Crippen LogP contribution in [0.25, 0.3) is 11.3 Å². The highest BCUT2D eigenvalue weighted by Gasteiger charge is 2.17. The van der Waals surface area contributed by atoms with Crippen molar-refractivity contribution in [1.29, 1.82) is 0 Å². The minimum Gasteiger partial charge on any atom is -0.335 e. The lowest BCUT2D eigenvalue weighted by Crippen LogP contribution is -2.12. The maximum Gasteiger partial charge on any atom is 0.111 e. The van der Waals surface area contributed by atoms with Gasteiger partial charge in [-0.25, -0.2) is 9.97 Å². The van der Waals surface area contributed by atoms with Crippen LogP contribution < -0.4 is 0 Å². The summed E-state index contributed by atoms with van der Waals surface area (Å²) in [6.45, 7) is 6.31. The van der Waals surface area contributed by atoms with Gasteiger partial charge in [-0.15, -0.1) is 17.0 Å². The van der Waals surface area contributed by atoms with Gasteiger partial charge in [0.25, 0.3) is 0 Å². The summed E-state index contributed by atoms with van der Waals surface area (Å²) in [5.41, 5.74) is 2.33. The number of halogens is 1. The summed E-state index contributed by atoms with van der Waals surface area (Å²) in [5.74, 6) is 1.61. The predicted molar refractivity (Wildman–Crippen MR) is 117 cm³/mol. The number of hydrogen-bond donors (Lipinski definition) is 0. The molecule has 1 saturated carbocycles. The standard InChI is InChI=1S/C21H30N6.BrH/c1-17(2)21-23-9-12-25(21)10-6-11-26-16-22-14-20(26)18-13-24-27(15-18)19-7-4-3-5-8-19;/h9,12-17,19H,3-8,10-11H2,1-2H3;1H. The van der Waals surface area contributed by atoms with Crippen LogP contribution in [0.3, 0.4) is 0 Å². The summed E-state index contributed by atoms with van der Waals surface area (Å²) in [6.07, 6.45) is 19.6. The molecule has 0 bridgehead atoms. The highest BCUT2D eigenvalue weighted by molar-refractivity contribution is 8.93. The summed E-state index contributed by atoms with van der Waals surface area (Å²) < 4.78 is 6.68. The van der Waals surface area contributed by atoms with Crippen LogP contribution >= 0.6 is 17.0 Å². The Labute approximate surface area is 177 Å². The molecule has 3 heterocycles. The number of imidazole rings is 2. The molecule has 0 radical (unpaired) electrons. The van der Waals surface area contributed by atoms with Crippen molar-refractivity contribution in [3.8, 4) is 11.3 Å². The monoisotopic (exact) mass is 446 g/mol. The zero-order chi connectivity index (χ0) is 18.6. The first-order valence-electron chi connectivity index (χ1n) is 10.3. The molecule has 0 atom stereocenters. The molecule has 0 amide bonds. The summed E-state index contributed by atoms with van der Waals surface area (Å²) in [5, 5.41) is 4.65. The molecule has 152 valence electrons. The number of hydrogen-bond acceptors (Lipinski definition) is 3. The molecule has 1 aliphatic rings. The lowest BCUT2D eigenvalue weighted by atomic mass is 9.96. The molecule has 0 N–H and O–H groups in total. The molecule has 1 aliphatic carbocycles. The summed E-state index contributed by atoms with van der Waals surface area (Å²) in [4.78, 5) is 8.86. The predicted octanol–water partition coefficient (Wildman–Crippen LogP) is 5.24. The molecule has 0 aliphatic heterocycles. The third-order valence-electron chi connectivity index (χ3n) is 5.62. The first kappa shape index (κ1) is 20.8. The third-order valence-corrected chi connectivity index (χ3v) is 5.62. The first-order valence-corrected chi connectivity index (χ1v) is 10.3. The molecule has 0 unspecified atom stereocenters. The summed E-state index contributed by atoms with van der Waals surface area (Å²) >= 11 is 0. The Hall–Kier alpha value is -1.89. The normalized spacial score (nSPS) is 15.1. The van der Waals surface area contributed by atoms with E-state index in [4.69, 9.17) is 0 Å². The average Bonchev–Trinajstić information content (AvgIpc) is 3.42. The fourth-order valence-corrected chi connectivity index (χ4v) is 4.18. The molecule has 4 rings (SSSR count). The molecule has 6 nitrogen and oxygen atoms in total. The van der Waals surface area contributed by atoms with Crippen molar-refractivity contribution in [2.45, 2.75) is 77.4 Å². The fraction of sp³-hybridized carbons (Fsp3) is 0.571. The van der Waals surface area contributed by atoms with Gasteiger partial charge in [0.2, 0.25) is 0 Å². The van der Waals surface area contributed by atoms with Crippen molar-refractivity contribution in [1.82, 2.24) is 28.9 Å². The fourth-order valence-electron chi connectivity index (χ4n) is 4.18. The molecule has 7 heteroatoms. The van der Waals surface area contributed by atoms with Gasteiger partial charge in [-0.1, -0.05) is 33.1 Å². The topological polar surface area (TPSA) is 53.5 Å². The molecule has 0 aromatic carbocycles. The van der Waals surface area contributed by atoms with E-state index >= 15 is 0 Å². The molecular weight excluding hydrogens is 416 g/mol. The van der Waals surface area contributed by atoms with E-state index < -0.39 is 0 Å². The average molecular weight is 447 g/mol. The highest BCUT2D eigenvalue weighted by Crippen LogP contribution is 2.29. The van der Waals surface area contributed by atoms with Gasteiger partial charge in [-0.2, -0.15) is 5.10 Å². The van der Waals surface area contributed by atoms with Gasteiger partial charge >= 0.3 is 0 Å². The number of aryl methyl sites for hydroxylation is 2. The Morgan fingerprint density at radius 2 is 1.86 bits per heavy atom. The smallest absolute Gasteiger partial charge is 0.111 e. The van der Waals surface area contributed by atoms with E-state index in [1.54, 1.807) is 0 Å². The lowest BCUT2D eigenvalue weighted by molar-refractivity contribution is 0.329. The van der Waals surface area contributed by atoms with Crippen LogP contribution in [0, 0.1) is 0 Å². The Bertz CT molecular complexity index is 856. The Balaban J connectivity index is 0.00000225. The van der Waals surface area contributed by atoms with Gasteiger partial charge < -0.3 is 9.13 Å². The number of aromatic nitrogens is 6. The quantitative estimate of drug-likeness (QED) is 0.498. The summed E-state index contributed by atoms with van der Waals surface area (Å²) in [6, 6.07) is 0.569. The van der Waals surface area contributed by atoms with Crippen molar-refractivity contribution >= 4 is 17.0 Å².